The molecular formula is C26H31NO7. The molecule has 0 aromatic heterocycles. The number of hydrogen-bond donors (Lipinski definition) is 2. The minimum atomic E-state index is -1.05. The number of benzene rings is 2. The van der Waals surface area contributed by atoms with E-state index in [-0.39, 0.29) is 38.6 Å². The lowest BCUT2D eigenvalue weighted by molar-refractivity contribution is -0.170. The number of amides is 1. The van der Waals surface area contributed by atoms with Gasteiger partial charge in [-0.15, -0.1) is 0 Å². The zero-order chi connectivity index (χ0) is 23.8. The Morgan fingerprint density at radius 3 is 2.38 bits per heavy atom. The smallest absolute Gasteiger partial charge is 0.407 e. The first kappa shape index (κ1) is 24.2. The van der Waals surface area contributed by atoms with Crippen LogP contribution in [0.2, 0.25) is 0 Å². The Morgan fingerprint density at radius 2 is 1.74 bits per heavy atom. The van der Waals surface area contributed by atoms with Crippen molar-refractivity contribution in [3.63, 3.8) is 0 Å². The Morgan fingerprint density at radius 1 is 1.03 bits per heavy atom. The van der Waals surface area contributed by atoms with E-state index in [1.54, 1.807) is 0 Å². The second-order valence-corrected chi connectivity index (χ2v) is 8.48. The molecule has 8 nitrogen and oxygen atoms in total. The standard InChI is InChI=1S/C26H31NO7/c28-25(29)18(16-31-13-14-33-24-11-5-6-12-32-24)15-27-26(30)34-17-23-21-9-3-1-7-19(21)20-8-2-4-10-22(20)23/h1-4,7-10,18,23-24H,5-6,11-17H2,(H,27,30)(H,28,29)/t18-,24?/m0/s1. The first-order valence-corrected chi connectivity index (χ1v) is 11.8. The van der Waals surface area contributed by atoms with Crippen molar-refractivity contribution in [2.24, 2.45) is 5.92 Å². The third-order valence-electron chi connectivity index (χ3n) is 6.17. The van der Waals surface area contributed by atoms with E-state index in [2.05, 4.69) is 17.4 Å². The molecule has 8 heteroatoms. The Hall–Kier alpha value is -2.94. The van der Waals surface area contributed by atoms with Crippen molar-refractivity contribution in [2.45, 2.75) is 31.5 Å². The first-order valence-electron chi connectivity index (χ1n) is 11.8. The van der Waals surface area contributed by atoms with Crippen LogP contribution in [0.4, 0.5) is 4.79 Å². The molecule has 1 aliphatic heterocycles. The van der Waals surface area contributed by atoms with E-state index in [0.29, 0.717) is 13.2 Å². The normalized spacial score (nSPS) is 18.1. The van der Waals surface area contributed by atoms with E-state index in [1.165, 1.54) is 0 Å². The number of ether oxygens (including phenoxy) is 4. The molecule has 1 amide bonds. The number of carboxylic acid groups (broad SMARTS) is 1. The van der Waals surface area contributed by atoms with Gasteiger partial charge in [-0.3, -0.25) is 4.79 Å². The van der Waals surface area contributed by atoms with Crippen LogP contribution in [-0.4, -0.2) is 63.0 Å². The summed E-state index contributed by atoms with van der Waals surface area (Å²) in [6.45, 7) is 1.35. The molecule has 1 saturated heterocycles. The van der Waals surface area contributed by atoms with E-state index in [0.717, 1.165) is 41.5 Å². The van der Waals surface area contributed by atoms with Gasteiger partial charge in [0, 0.05) is 19.1 Å². The van der Waals surface area contributed by atoms with Gasteiger partial charge in [-0.2, -0.15) is 0 Å². The molecule has 1 heterocycles. The summed E-state index contributed by atoms with van der Waals surface area (Å²) in [5.41, 5.74) is 4.53. The number of alkyl carbamates (subject to hydrolysis) is 1. The number of hydrogen-bond acceptors (Lipinski definition) is 6. The SMILES string of the molecule is O=C(NC[C@@H](COCCOC1CCCCO1)C(=O)O)OCC1c2ccccc2-c2ccccc21. The summed E-state index contributed by atoms with van der Waals surface area (Å²) in [6, 6.07) is 16.2. The highest BCUT2D eigenvalue weighted by Crippen LogP contribution is 2.44. The van der Waals surface area contributed by atoms with Crippen LogP contribution in [0.3, 0.4) is 0 Å². The summed E-state index contributed by atoms with van der Waals surface area (Å²) in [6.07, 6.45) is 2.14. The van der Waals surface area contributed by atoms with Crippen LogP contribution in [0.5, 0.6) is 0 Å². The van der Waals surface area contributed by atoms with Gasteiger partial charge in [-0.25, -0.2) is 4.79 Å². The Balaban J connectivity index is 1.19. The summed E-state index contributed by atoms with van der Waals surface area (Å²) in [5.74, 6) is -1.98. The van der Waals surface area contributed by atoms with Crippen LogP contribution >= 0.6 is 0 Å². The summed E-state index contributed by atoms with van der Waals surface area (Å²) in [7, 11) is 0. The van der Waals surface area contributed by atoms with Gasteiger partial charge in [0.05, 0.1) is 25.7 Å². The molecule has 2 aromatic rings. The van der Waals surface area contributed by atoms with Crippen molar-refractivity contribution < 1.29 is 33.6 Å². The topological polar surface area (TPSA) is 103 Å². The zero-order valence-corrected chi connectivity index (χ0v) is 19.1. The summed E-state index contributed by atoms with van der Waals surface area (Å²) in [5, 5.41) is 12.0. The molecule has 34 heavy (non-hydrogen) atoms. The van der Waals surface area contributed by atoms with Crippen LogP contribution in [0.15, 0.2) is 48.5 Å². The largest absolute Gasteiger partial charge is 0.481 e. The molecule has 1 aliphatic carbocycles. The maximum absolute atomic E-state index is 12.3. The van der Waals surface area contributed by atoms with Gasteiger partial charge >= 0.3 is 12.1 Å². The number of rotatable bonds is 11. The van der Waals surface area contributed by atoms with Crippen molar-refractivity contribution in [1.29, 1.82) is 0 Å². The van der Waals surface area contributed by atoms with Crippen LogP contribution in [0, 0.1) is 5.92 Å². The highest BCUT2D eigenvalue weighted by molar-refractivity contribution is 5.79. The Kier molecular flexibility index (Phi) is 8.51. The number of fused-ring (bicyclic) bond motifs is 3. The highest BCUT2D eigenvalue weighted by atomic mass is 16.7. The molecule has 1 unspecified atom stereocenters. The Bertz CT molecular complexity index is 928. The van der Waals surface area contributed by atoms with E-state index in [4.69, 9.17) is 18.9 Å². The molecule has 2 N–H and O–H groups in total. The molecule has 4 rings (SSSR count). The quantitative estimate of drug-likeness (QED) is 0.483. The predicted octanol–water partition coefficient (Wildman–Crippen LogP) is 3.79. The van der Waals surface area contributed by atoms with Gasteiger partial charge in [0.1, 0.15) is 6.61 Å². The number of aliphatic carboxylic acids is 1. The molecule has 2 aromatic carbocycles. The second-order valence-electron chi connectivity index (χ2n) is 8.48. The predicted molar refractivity (Wildman–Crippen MR) is 125 cm³/mol. The van der Waals surface area contributed by atoms with E-state index >= 15 is 0 Å². The van der Waals surface area contributed by atoms with Gasteiger partial charge in [-0.05, 0) is 41.5 Å². The van der Waals surface area contributed by atoms with E-state index in [9.17, 15) is 14.7 Å². The maximum Gasteiger partial charge on any atom is 0.407 e. The summed E-state index contributed by atoms with van der Waals surface area (Å²) < 4.78 is 22.0. The van der Waals surface area contributed by atoms with Crippen LogP contribution in [0.1, 0.15) is 36.3 Å². The maximum atomic E-state index is 12.3. The number of carboxylic acids is 1. The van der Waals surface area contributed by atoms with Crippen molar-refractivity contribution in [3.8, 4) is 11.1 Å². The van der Waals surface area contributed by atoms with Crippen LogP contribution in [0.25, 0.3) is 11.1 Å². The van der Waals surface area contributed by atoms with Crippen molar-refractivity contribution >= 4 is 12.1 Å². The lowest BCUT2D eigenvalue weighted by atomic mass is 9.98. The van der Waals surface area contributed by atoms with E-state index < -0.39 is 18.0 Å². The van der Waals surface area contributed by atoms with Gasteiger partial charge in [0.25, 0.3) is 0 Å². The van der Waals surface area contributed by atoms with Crippen LogP contribution < -0.4 is 5.32 Å². The lowest BCUT2D eigenvalue weighted by Gasteiger charge is -2.22. The molecule has 0 spiro atoms. The zero-order valence-electron chi connectivity index (χ0n) is 19.1. The molecule has 0 saturated carbocycles. The second kappa shape index (κ2) is 12.0. The molecule has 2 aliphatic rings. The third kappa shape index (κ3) is 6.14. The van der Waals surface area contributed by atoms with Gasteiger partial charge in [-0.1, -0.05) is 48.5 Å². The minimum absolute atomic E-state index is 0.0339. The van der Waals surface area contributed by atoms with Crippen molar-refractivity contribution in [2.75, 3.05) is 39.6 Å². The van der Waals surface area contributed by atoms with Crippen molar-refractivity contribution in [1.82, 2.24) is 5.32 Å². The lowest BCUT2D eigenvalue weighted by Crippen LogP contribution is -2.36. The highest BCUT2D eigenvalue weighted by Gasteiger charge is 2.29. The van der Waals surface area contributed by atoms with Gasteiger partial charge < -0.3 is 29.4 Å². The number of carbonyl (C=O) groups is 2. The van der Waals surface area contributed by atoms with Crippen LogP contribution in [-0.2, 0) is 23.7 Å². The van der Waals surface area contributed by atoms with Gasteiger partial charge in [0.15, 0.2) is 6.29 Å². The summed E-state index contributed by atoms with van der Waals surface area (Å²) in [4.78, 5) is 23.8. The molecular weight excluding hydrogens is 438 g/mol. The fourth-order valence-electron chi connectivity index (χ4n) is 4.38. The third-order valence-corrected chi connectivity index (χ3v) is 6.17. The number of carbonyl (C=O) groups excluding carboxylic acids is 1. The molecule has 2 atom stereocenters. The Labute approximate surface area is 199 Å². The monoisotopic (exact) mass is 469 g/mol. The average molecular weight is 470 g/mol. The van der Waals surface area contributed by atoms with Gasteiger partial charge in [0.2, 0.25) is 0 Å². The average Bonchev–Trinajstić information content (AvgIpc) is 3.18. The van der Waals surface area contributed by atoms with Crippen molar-refractivity contribution in [3.05, 3.63) is 59.7 Å². The van der Waals surface area contributed by atoms with E-state index in [1.807, 2.05) is 36.4 Å². The number of nitrogens with one attached hydrogen (secondary N) is 1. The molecule has 182 valence electrons. The molecule has 0 radical (unpaired) electrons. The molecule has 1 fully saturated rings. The summed E-state index contributed by atoms with van der Waals surface area (Å²) >= 11 is 0. The first-order chi connectivity index (χ1) is 16.6. The fourth-order valence-corrected chi connectivity index (χ4v) is 4.38. The fraction of sp³-hybridized carbons (Fsp3) is 0.462. The minimum Gasteiger partial charge on any atom is -0.481 e. The molecule has 0 bridgehead atoms.